The highest BCUT2D eigenvalue weighted by Gasteiger charge is 2.14. The van der Waals surface area contributed by atoms with Crippen LogP contribution in [0.4, 0.5) is 0 Å². The predicted molar refractivity (Wildman–Crippen MR) is 126 cm³/mol. The molecule has 3 rings (SSSR count). The van der Waals surface area contributed by atoms with Crippen LogP contribution in [0.25, 0.3) is 0 Å². The van der Waals surface area contributed by atoms with E-state index in [9.17, 15) is 0 Å². The first-order valence-corrected chi connectivity index (χ1v) is 11.3. The summed E-state index contributed by atoms with van der Waals surface area (Å²) in [5, 5.41) is 7.79. The number of aromatic amines is 1. The van der Waals surface area contributed by atoms with Crippen LogP contribution in [-0.4, -0.2) is 21.5 Å². The van der Waals surface area contributed by atoms with Gasteiger partial charge in [-0.25, -0.2) is 4.68 Å². The van der Waals surface area contributed by atoms with Crippen LogP contribution in [0, 0.1) is 4.77 Å². The molecule has 0 saturated heterocycles. The number of H-pyrrole nitrogens is 1. The fourth-order valence-corrected chi connectivity index (χ4v) is 4.00. The van der Waals surface area contributed by atoms with Gasteiger partial charge < -0.3 is 14.9 Å². The zero-order valence-electron chi connectivity index (χ0n) is 16.9. The second-order valence-corrected chi connectivity index (χ2v) is 8.30. The van der Waals surface area contributed by atoms with Crippen LogP contribution >= 0.6 is 39.7 Å². The van der Waals surface area contributed by atoms with Crippen LogP contribution < -0.4 is 14.9 Å². The smallest absolute Gasteiger partial charge is 0.214 e. The van der Waals surface area contributed by atoms with Crippen molar-refractivity contribution in [2.75, 3.05) is 12.0 Å². The van der Waals surface area contributed by atoms with Crippen molar-refractivity contribution in [3.8, 4) is 11.5 Å². The Morgan fingerprint density at radius 3 is 2.77 bits per heavy atom. The first-order valence-electron chi connectivity index (χ1n) is 9.74. The fraction of sp³-hybridized carbons (Fsp3) is 0.333. The molecule has 0 aliphatic carbocycles. The lowest BCUT2D eigenvalue weighted by molar-refractivity contribution is 0.267. The summed E-state index contributed by atoms with van der Waals surface area (Å²) in [6.07, 6.45) is 1.82. The van der Waals surface area contributed by atoms with Gasteiger partial charge in [0.15, 0.2) is 17.3 Å². The molecule has 30 heavy (non-hydrogen) atoms. The van der Waals surface area contributed by atoms with Crippen LogP contribution in [-0.2, 0) is 19.6 Å². The number of halogens is 2. The quantitative estimate of drug-likeness (QED) is 0.325. The summed E-state index contributed by atoms with van der Waals surface area (Å²) in [5.74, 6) is 2.22. The van der Waals surface area contributed by atoms with Crippen molar-refractivity contribution in [3.05, 3.63) is 67.6 Å². The Bertz CT molecular complexity index is 1050. The molecule has 3 aromatic rings. The molecule has 0 amide bonds. The Morgan fingerprint density at radius 2 is 2.03 bits per heavy atom. The third-order valence-corrected chi connectivity index (χ3v) is 5.40. The van der Waals surface area contributed by atoms with Crippen LogP contribution in [0.2, 0.25) is 5.02 Å². The van der Waals surface area contributed by atoms with Gasteiger partial charge in [0, 0.05) is 11.4 Å². The summed E-state index contributed by atoms with van der Waals surface area (Å²) in [5.41, 5.74) is 5.34. The SMILES string of the molecule is CCCc1n[nH]c(=S)n1NCc1cc(Br)c(OCc2cccc(Cl)c2)c(OCC)c1. The third-order valence-electron chi connectivity index (χ3n) is 4.30. The van der Waals surface area contributed by atoms with Gasteiger partial charge in [-0.05, 0) is 76.9 Å². The maximum absolute atomic E-state index is 6.07. The zero-order chi connectivity index (χ0) is 21.5. The first-order chi connectivity index (χ1) is 14.5. The van der Waals surface area contributed by atoms with Crippen LogP contribution in [0.15, 0.2) is 40.9 Å². The predicted octanol–water partition coefficient (Wildman–Crippen LogP) is 6.03. The molecule has 0 bridgehead atoms. The maximum Gasteiger partial charge on any atom is 0.214 e. The van der Waals surface area contributed by atoms with E-state index in [4.69, 9.17) is 33.3 Å². The number of hydrogen-bond acceptors (Lipinski definition) is 5. The van der Waals surface area contributed by atoms with Crippen molar-refractivity contribution in [2.24, 2.45) is 0 Å². The Labute approximate surface area is 194 Å². The topological polar surface area (TPSA) is 64.1 Å². The molecule has 160 valence electrons. The molecule has 0 aliphatic heterocycles. The van der Waals surface area contributed by atoms with E-state index in [0.717, 1.165) is 34.3 Å². The second-order valence-electron chi connectivity index (χ2n) is 6.62. The van der Waals surface area contributed by atoms with Crippen molar-refractivity contribution in [1.29, 1.82) is 0 Å². The standard InChI is InChI=1S/C21H24BrClN4O2S/c1-3-6-19-25-26-21(30)27(19)24-12-15-10-17(22)20(18(11-15)28-4-2)29-13-14-7-5-8-16(23)9-14/h5,7-11,24H,3-4,6,12-13H2,1-2H3,(H,26,30). The Morgan fingerprint density at radius 1 is 1.20 bits per heavy atom. The molecule has 0 atom stereocenters. The van der Waals surface area contributed by atoms with E-state index < -0.39 is 0 Å². The minimum absolute atomic E-state index is 0.390. The van der Waals surface area contributed by atoms with Crippen LogP contribution in [0.1, 0.15) is 37.2 Å². The monoisotopic (exact) mass is 510 g/mol. The molecular formula is C21H24BrClN4O2S. The molecule has 9 heteroatoms. The molecule has 0 aliphatic rings. The van der Waals surface area contributed by atoms with Crippen molar-refractivity contribution >= 4 is 39.7 Å². The summed E-state index contributed by atoms with van der Waals surface area (Å²) < 4.78 is 15.1. The van der Waals surface area contributed by atoms with Gasteiger partial charge >= 0.3 is 0 Å². The Kier molecular flexibility index (Phi) is 8.18. The van der Waals surface area contributed by atoms with Gasteiger partial charge in [0.1, 0.15) is 6.61 Å². The second kappa shape index (κ2) is 10.8. The highest BCUT2D eigenvalue weighted by atomic mass is 79.9. The molecule has 0 unspecified atom stereocenters. The summed E-state index contributed by atoms with van der Waals surface area (Å²) in [4.78, 5) is 0. The van der Waals surface area contributed by atoms with E-state index in [1.54, 1.807) is 0 Å². The molecule has 2 N–H and O–H groups in total. The Hall–Kier alpha value is -2.03. The normalized spacial score (nSPS) is 10.8. The molecular weight excluding hydrogens is 488 g/mol. The largest absolute Gasteiger partial charge is 0.490 e. The number of ether oxygens (including phenoxy) is 2. The summed E-state index contributed by atoms with van der Waals surface area (Å²) in [6.45, 7) is 5.53. The summed E-state index contributed by atoms with van der Waals surface area (Å²) >= 11 is 15.0. The molecule has 1 heterocycles. The van der Waals surface area contributed by atoms with Gasteiger partial charge in [-0.2, -0.15) is 5.10 Å². The van der Waals surface area contributed by atoms with E-state index in [2.05, 4.69) is 38.5 Å². The lowest BCUT2D eigenvalue weighted by Gasteiger charge is -2.16. The number of nitrogens with zero attached hydrogens (tertiary/aromatic N) is 2. The van der Waals surface area contributed by atoms with E-state index >= 15 is 0 Å². The van der Waals surface area contributed by atoms with Crippen molar-refractivity contribution in [1.82, 2.24) is 14.9 Å². The molecule has 0 fully saturated rings. The van der Waals surface area contributed by atoms with E-state index in [0.29, 0.717) is 41.1 Å². The number of aromatic nitrogens is 3. The first kappa shape index (κ1) is 22.7. The highest BCUT2D eigenvalue weighted by molar-refractivity contribution is 9.10. The van der Waals surface area contributed by atoms with Gasteiger partial charge in [0.2, 0.25) is 4.77 Å². The molecule has 0 radical (unpaired) electrons. The van der Waals surface area contributed by atoms with E-state index in [1.165, 1.54) is 0 Å². The van der Waals surface area contributed by atoms with Gasteiger partial charge in [-0.15, -0.1) is 0 Å². The number of rotatable bonds is 10. The zero-order valence-corrected chi connectivity index (χ0v) is 20.0. The molecule has 6 nitrogen and oxygen atoms in total. The summed E-state index contributed by atoms with van der Waals surface area (Å²) in [7, 11) is 0. The molecule has 0 spiro atoms. The maximum atomic E-state index is 6.07. The van der Waals surface area contributed by atoms with E-state index in [1.807, 2.05) is 48.0 Å². The Balaban J connectivity index is 1.77. The highest BCUT2D eigenvalue weighted by Crippen LogP contribution is 2.37. The number of hydrogen-bond donors (Lipinski definition) is 2. The van der Waals surface area contributed by atoms with Crippen molar-refractivity contribution < 1.29 is 9.47 Å². The number of nitrogens with one attached hydrogen (secondary N) is 2. The van der Waals surface area contributed by atoms with Gasteiger partial charge in [0.05, 0.1) is 17.6 Å². The van der Waals surface area contributed by atoms with Gasteiger partial charge in [-0.1, -0.05) is 30.7 Å². The van der Waals surface area contributed by atoms with Crippen LogP contribution in [0.3, 0.4) is 0 Å². The van der Waals surface area contributed by atoms with Crippen molar-refractivity contribution in [3.63, 3.8) is 0 Å². The minimum Gasteiger partial charge on any atom is -0.490 e. The summed E-state index contributed by atoms with van der Waals surface area (Å²) in [6, 6.07) is 11.6. The lowest BCUT2D eigenvalue weighted by atomic mass is 10.2. The van der Waals surface area contributed by atoms with Gasteiger partial charge in [-0.3, -0.25) is 5.10 Å². The third kappa shape index (κ3) is 5.77. The number of aryl methyl sites for hydroxylation is 1. The molecule has 1 aromatic heterocycles. The minimum atomic E-state index is 0.390. The number of benzene rings is 2. The molecule has 2 aromatic carbocycles. The molecule has 0 saturated carbocycles. The van der Waals surface area contributed by atoms with Crippen LogP contribution in [0.5, 0.6) is 11.5 Å². The average molecular weight is 512 g/mol. The fourth-order valence-electron chi connectivity index (χ4n) is 2.96. The average Bonchev–Trinajstić information content (AvgIpc) is 3.06. The van der Waals surface area contributed by atoms with E-state index in [-0.39, 0.29) is 0 Å². The van der Waals surface area contributed by atoms with Crippen molar-refractivity contribution in [2.45, 2.75) is 39.8 Å². The van der Waals surface area contributed by atoms with Gasteiger partial charge in [0.25, 0.3) is 0 Å². The lowest BCUT2D eigenvalue weighted by Crippen LogP contribution is -2.17.